The maximum absolute atomic E-state index is 13.7. The van der Waals surface area contributed by atoms with Crippen LogP contribution in [-0.2, 0) is 6.54 Å². The van der Waals surface area contributed by atoms with Crippen molar-refractivity contribution in [1.29, 1.82) is 0 Å². The van der Waals surface area contributed by atoms with Crippen LogP contribution in [0.1, 0.15) is 5.56 Å². The normalized spacial score (nSPS) is 10.7. The highest BCUT2D eigenvalue weighted by Crippen LogP contribution is 2.22. The monoisotopic (exact) mass is 362 g/mol. The van der Waals surface area contributed by atoms with Crippen LogP contribution in [0.25, 0.3) is 0 Å². The maximum Gasteiger partial charge on any atom is 0.229 e. The Hall–Kier alpha value is -2.74. The predicted molar refractivity (Wildman–Crippen MR) is 91.3 cm³/mol. The summed E-state index contributed by atoms with van der Waals surface area (Å²) in [7, 11) is 0. The highest BCUT2D eigenvalue weighted by molar-refractivity contribution is 6.32. The van der Waals surface area contributed by atoms with E-state index in [-0.39, 0.29) is 23.1 Å². The third kappa shape index (κ3) is 4.03. The summed E-state index contributed by atoms with van der Waals surface area (Å²) >= 11 is 6.05. The minimum absolute atomic E-state index is 0.0220. The number of aromatic nitrogens is 4. The third-order valence-corrected chi connectivity index (χ3v) is 3.54. The number of anilines is 3. The van der Waals surface area contributed by atoms with Crippen molar-refractivity contribution < 1.29 is 8.78 Å². The van der Waals surface area contributed by atoms with Crippen molar-refractivity contribution in [3.05, 3.63) is 72.5 Å². The summed E-state index contributed by atoms with van der Waals surface area (Å²) in [5.74, 6) is -1.25. The van der Waals surface area contributed by atoms with Crippen molar-refractivity contribution in [2.24, 2.45) is 0 Å². The Balaban J connectivity index is 1.74. The Morgan fingerprint density at radius 2 is 2.12 bits per heavy atom. The smallest absolute Gasteiger partial charge is 0.229 e. The minimum atomic E-state index is -0.908. The summed E-state index contributed by atoms with van der Waals surface area (Å²) in [4.78, 5) is 8.29. The van der Waals surface area contributed by atoms with Gasteiger partial charge in [0.2, 0.25) is 5.95 Å². The zero-order valence-electron chi connectivity index (χ0n) is 12.9. The molecule has 3 aromatic rings. The van der Waals surface area contributed by atoms with Gasteiger partial charge >= 0.3 is 0 Å². The molecule has 0 saturated carbocycles. The fourth-order valence-electron chi connectivity index (χ4n) is 2.05. The number of halogens is 3. The number of rotatable bonds is 6. The lowest BCUT2D eigenvalue weighted by Crippen LogP contribution is -2.07. The molecule has 0 unspecified atom stereocenters. The summed E-state index contributed by atoms with van der Waals surface area (Å²) in [5, 5.41) is 10.1. The van der Waals surface area contributed by atoms with Crippen molar-refractivity contribution in [3.8, 4) is 0 Å². The molecule has 128 valence electrons. The summed E-state index contributed by atoms with van der Waals surface area (Å²) in [6.07, 6.45) is 4.67. The third-order valence-electron chi connectivity index (χ3n) is 3.27. The van der Waals surface area contributed by atoms with Crippen molar-refractivity contribution in [1.82, 2.24) is 19.7 Å². The molecule has 3 rings (SSSR count). The van der Waals surface area contributed by atoms with Gasteiger partial charge in [-0.25, -0.2) is 13.8 Å². The van der Waals surface area contributed by atoms with Gasteiger partial charge < -0.3 is 10.6 Å². The second-order valence-electron chi connectivity index (χ2n) is 4.97. The van der Waals surface area contributed by atoms with Crippen LogP contribution in [0.15, 0.2) is 36.8 Å². The zero-order chi connectivity index (χ0) is 17.8. The highest BCUT2D eigenvalue weighted by atomic mass is 35.5. The average molecular weight is 363 g/mol. The number of nitrogens with one attached hydrogen (secondary N) is 2. The largest absolute Gasteiger partial charge is 0.364 e. The zero-order valence-corrected chi connectivity index (χ0v) is 13.6. The lowest BCUT2D eigenvalue weighted by molar-refractivity contribution is 0.500. The molecule has 0 saturated heterocycles. The molecular formula is C16H13ClF2N6. The van der Waals surface area contributed by atoms with E-state index >= 15 is 0 Å². The van der Waals surface area contributed by atoms with E-state index in [1.807, 2.05) is 0 Å². The summed E-state index contributed by atoms with van der Waals surface area (Å²) in [5.41, 5.74) is 0.820. The molecule has 9 heteroatoms. The topological polar surface area (TPSA) is 67.7 Å². The molecule has 0 aliphatic carbocycles. The van der Waals surface area contributed by atoms with Gasteiger partial charge in [0.1, 0.15) is 5.02 Å². The van der Waals surface area contributed by atoms with Gasteiger partial charge in [-0.1, -0.05) is 23.7 Å². The molecule has 0 spiro atoms. The van der Waals surface area contributed by atoms with E-state index in [0.717, 1.165) is 6.07 Å². The Labute approximate surface area is 147 Å². The fraction of sp³-hybridized carbons (Fsp3) is 0.0625. The summed E-state index contributed by atoms with van der Waals surface area (Å²) < 4.78 is 28.5. The molecule has 2 aromatic heterocycles. The molecule has 0 atom stereocenters. The highest BCUT2D eigenvalue weighted by Gasteiger charge is 2.10. The Morgan fingerprint density at radius 3 is 2.88 bits per heavy atom. The molecule has 2 heterocycles. The average Bonchev–Trinajstić information content (AvgIpc) is 3.06. The van der Waals surface area contributed by atoms with Crippen LogP contribution in [0.3, 0.4) is 0 Å². The van der Waals surface area contributed by atoms with Gasteiger partial charge in [0, 0.05) is 18.3 Å². The molecule has 0 bridgehead atoms. The van der Waals surface area contributed by atoms with Crippen molar-refractivity contribution in [3.63, 3.8) is 0 Å². The van der Waals surface area contributed by atoms with Crippen molar-refractivity contribution >= 4 is 29.1 Å². The SMILES string of the molecule is [CH2][CH]n1cc(Nc2ncc(Cl)c(NCc3cccc(F)c3F)n2)cn1. The molecule has 1 aromatic carbocycles. The number of benzene rings is 1. The van der Waals surface area contributed by atoms with E-state index in [4.69, 9.17) is 11.6 Å². The van der Waals surface area contributed by atoms with Gasteiger partial charge in [-0.3, -0.25) is 4.68 Å². The Bertz CT molecular complexity index is 883. The van der Waals surface area contributed by atoms with Crippen LogP contribution in [0.5, 0.6) is 0 Å². The second-order valence-corrected chi connectivity index (χ2v) is 5.38. The van der Waals surface area contributed by atoms with Crippen LogP contribution in [0.2, 0.25) is 5.02 Å². The number of hydrogen-bond acceptors (Lipinski definition) is 5. The first-order chi connectivity index (χ1) is 12.1. The molecule has 2 radical (unpaired) electrons. The molecule has 0 aliphatic rings. The van der Waals surface area contributed by atoms with E-state index < -0.39 is 11.6 Å². The number of nitrogens with zero attached hydrogens (tertiary/aromatic N) is 4. The first kappa shape index (κ1) is 17.1. The first-order valence-electron chi connectivity index (χ1n) is 7.20. The molecule has 0 aliphatic heterocycles. The van der Waals surface area contributed by atoms with Crippen LogP contribution >= 0.6 is 11.6 Å². The van der Waals surface area contributed by atoms with Crippen LogP contribution in [0.4, 0.5) is 26.2 Å². The predicted octanol–water partition coefficient (Wildman–Crippen LogP) is 3.80. The molecule has 0 amide bonds. The molecular weight excluding hydrogens is 350 g/mol. The van der Waals surface area contributed by atoms with E-state index in [1.54, 1.807) is 12.4 Å². The van der Waals surface area contributed by atoms with E-state index in [1.165, 1.54) is 29.6 Å². The van der Waals surface area contributed by atoms with E-state index in [9.17, 15) is 8.78 Å². The van der Waals surface area contributed by atoms with E-state index in [0.29, 0.717) is 11.5 Å². The standard InChI is InChI=1S/C16H13ClF2N6/c1-2-25-9-11(7-22-25)23-16-21-8-12(17)15(24-16)20-6-10-4-3-5-13(18)14(10)19/h2-5,7-9H,1,6H2,(H2,20,21,23,24). The Kier molecular flexibility index (Phi) is 5.08. The van der Waals surface area contributed by atoms with Crippen LogP contribution in [0, 0.1) is 25.1 Å². The molecule has 2 N–H and O–H groups in total. The lowest BCUT2D eigenvalue weighted by Gasteiger charge is -2.10. The van der Waals surface area contributed by atoms with Gasteiger partial charge in [-0.2, -0.15) is 10.1 Å². The van der Waals surface area contributed by atoms with Gasteiger partial charge in [-0.05, 0) is 13.0 Å². The Morgan fingerprint density at radius 1 is 1.28 bits per heavy atom. The summed E-state index contributed by atoms with van der Waals surface area (Å²) in [6.45, 7) is 5.16. The van der Waals surface area contributed by atoms with E-state index in [2.05, 4.69) is 32.6 Å². The lowest BCUT2D eigenvalue weighted by atomic mass is 10.2. The van der Waals surface area contributed by atoms with Crippen LogP contribution in [-0.4, -0.2) is 19.7 Å². The van der Waals surface area contributed by atoms with Gasteiger partial charge in [-0.15, -0.1) is 0 Å². The van der Waals surface area contributed by atoms with Gasteiger partial charge in [0.05, 0.1) is 24.6 Å². The number of hydrogen-bond donors (Lipinski definition) is 2. The molecule has 25 heavy (non-hydrogen) atoms. The van der Waals surface area contributed by atoms with Crippen LogP contribution < -0.4 is 10.6 Å². The van der Waals surface area contributed by atoms with Crippen molar-refractivity contribution in [2.75, 3.05) is 10.6 Å². The molecule has 6 nitrogen and oxygen atoms in total. The first-order valence-corrected chi connectivity index (χ1v) is 7.57. The second kappa shape index (κ2) is 7.43. The van der Waals surface area contributed by atoms with Gasteiger partial charge in [0.15, 0.2) is 17.5 Å². The summed E-state index contributed by atoms with van der Waals surface area (Å²) in [6, 6.07) is 3.96. The maximum atomic E-state index is 13.7. The van der Waals surface area contributed by atoms with Gasteiger partial charge in [0.25, 0.3) is 0 Å². The fourth-order valence-corrected chi connectivity index (χ4v) is 2.20. The minimum Gasteiger partial charge on any atom is -0.364 e. The molecule has 0 fully saturated rings. The quantitative estimate of drug-likeness (QED) is 0.698. The van der Waals surface area contributed by atoms with Crippen molar-refractivity contribution in [2.45, 2.75) is 6.54 Å².